The molecule has 126 valence electrons. The number of hydrogen-bond donors (Lipinski definition) is 0. The van der Waals surface area contributed by atoms with Crippen LogP contribution in [0.1, 0.15) is 39.4 Å². The van der Waals surface area contributed by atoms with Gasteiger partial charge in [0.15, 0.2) is 0 Å². The molecule has 0 atom stereocenters. The smallest absolute Gasteiger partial charge is 0.264 e. The minimum absolute atomic E-state index is 0.237. The zero-order chi connectivity index (χ0) is 16.4. The Morgan fingerprint density at radius 3 is 2.46 bits per heavy atom. The van der Waals surface area contributed by atoms with Crippen LogP contribution in [-0.2, 0) is 12.8 Å². The maximum atomic E-state index is 12.9. The number of anilines is 1. The SMILES string of the molecule is O=C(c1cc2c(s1)CCCCC2)N1CCN(c2ccccc2)CC1. The summed E-state index contributed by atoms with van der Waals surface area (Å²) in [4.78, 5) is 19.7. The lowest BCUT2D eigenvalue weighted by atomic mass is 10.1. The second kappa shape index (κ2) is 6.98. The molecule has 24 heavy (non-hydrogen) atoms. The van der Waals surface area contributed by atoms with Crippen LogP contribution in [0.5, 0.6) is 0 Å². The van der Waals surface area contributed by atoms with Crippen molar-refractivity contribution in [1.29, 1.82) is 0 Å². The van der Waals surface area contributed by atoms with Gasteiger partial charge in [0, 0.05) is 36.7 Å². The number of rotatable bonds is 2. The Morgan fingerprint density at radius 1 is 0.917 bits per heavy atom. The van der Waals surface area contributed by atoms with E-state index < -0.39 is 0 Å². The lowest BCUT2D eigenvalue weighted by Crippen LogP contribution is -2.48. The third-order valence-corrected chi connectivity index (χ3v) is 6.37. The van der Waals surface area contributed by atoms with Crippen LogP contribution in [0.4, 0.5) is 5.69 Å². The molecular weight excluding hydrogens is 316 g/mol. The monoisotopic (exact) mass is 340 g/mol. The molecule has 0 saturated carbocycles. The van der Waals surface area contributed by atoms with Gasteiger partial charge in [0.25, 0.3) is 5.91 Å². The summed E-state index contributed by atoms with van der Waals surface area (Å²) in [6.45, 7) is 3.47. The molecule has 1 saturated heterocycles. The van der Waals surface area contributed by atoms with Crippen LogP contribution in [0.2, 0.25) is 0 Å². The molecule has 2 aromatic rings. The molecule has 4 heteroatoms. The van der Waals surface area contributed by atoms with Crippen LogP contribution in [0.3, 0.4) is 0 Å². The topological polar surface area (TPSA) is 23.6 Å². The predicted molar refractivity (Wildman–Crippen MR) is 100 cm³/mol. The minimum atomic E-state index is 0.237. The first-order chi connectivity index (χ1) is 11.8. The molecule has 0 unspecified atom stereocenters. The summed E-state index contributed by atoms with van der Waals surface area (Å²) < 4.78 is 0. The largest absolute Gasteiger partial charge is 0.368 e. The maximum absolute atomic E-state index is 12.9. The normalized spacial score (nSPS) is 18.2. The van der Waals surface area contributed by atoms with Crippen LogP contribution >= 0.6 is 11.3 Å². The Bertz CT molecular complexity index is 678. The quantitative estimate of drug-likeness (QED) is 0.772. The Labute approximate surface area is 147 Å². The van der Waals surface area contributed by atoms with Crippen LogP contribution in [0.25, 0.3) is 0 Å². The van der Waals surface area contributed by atoms with E-state index in [0.29, 0.717) is 0 Å². The van der Waals surface area contributed by atoms with Crippen LogP contribution in [-0.4, -0.2) is 37.0 Å². The molecule has 1 aromatic heterocycles. The number of carbonyl (C=O) groups excluding carboxylic acids is 1. The van der Waals surface area contributed by atoms with Crippen molar-refractivity contribution in [2.24, 2.45) is 0 Å². The molecule has 1 amide bonds. The van der Waals surface area contributed by atoms with Crippen LogP contribution in [0, 0.1) is 0 Å². The van der Waals surface area contributed by atoms with E-state index in [0.717, 1.165) is 43.9 Å². The zero-order valence-electron chi connectivity index (χ0n) is 14.0. The average Bonchev–Trinajstić information content (AvgIpc) is 2.92. The highest BCUT2D eigenvalue weighted by atomic mass is 32.1. The highest BCUT2D eigenvalue weighted by molar-refractivity contribution is 7.14. The number of thiophene rings is 1. The number of fused-ring (bicyclic) bond motifs is 1. The van der Waals surface area contributed by atoms with Crippen LogP contribution in [0.15, 0.2) is 36.4 Å². The van der Waals surface area contributed by atoms with E-state index in [-0.39, 0.29) is 5.91 Å². The van der Waals surface area contributed by atoms with Gasteiger partial charge in [0.05, 0.1) is 4.88 Å². The fraction of sp³-hybridized carbons (Fsp3) is 0.450. The first kappa shape index (κ1) is 15.7. The number of piperazine rings is 1. The molecule has 2 heterocycles. The highest BCUT2D eigenvalue weighted by Gasteiger charge is 2.24. The Balaban J connectivity index is 1.41. The van der Waals surface area contributed by atoms with Crippen molar-refractivity contribution >= 4 is 22.9 Å². The van der Waals surface area contributed by atoms with Gasteiger partial charge in [-0.05, 0) is 49.4 Å². The van der Waals surface area contributed by atoms with Crippen molar-refractivity contribution in [3.63, 3.8) is 0 Å². The summed E-state index contributed by atoms with van der Waals surface area (Å²) in [5.41, 5.74) is 2.69. The first-order valence-corrected chi connectivity index (χ1v) is 9.84. The van der Waals surface area contributed by atoms with Crippen molar-refractivity contribution < 1.29 is 4.79 Å². The summed E-state index contributed by atoms with van der Waals surface area (Å²) in [6, 6.07) is 12.7. The third-order valence-electron chi connectivity index (χ3n) is 5.15. The molecule has 0 N–H and O–H groups in total. The van der Waals surface area contributed by atoms with Crippen molar-refractivity contribution in [1.82, 2.24) is 4.90 Å². The molecule has 0 spiro atoms. The molecule has 3 nitrogen and oxygen atoms in total. The summed E-state index contributed by atoms with van der Waals surface area (Å²) in [6.07, 6.45) is 6.19. The lowest BCUT2D eigenvalue weighted by molar-refractivity contribution is 0.0751. The Hall–Kier alpha value is -1.81. The van der Waals surface area contributed by atoms with Gasteiger partial charge in [-0.1, -0.05) is 24.6 Å². The molecule has 1 fully saturated rings. The standard InChI is InChI=1S/C20H24N2OS/c23-20(19-15-16-7-3-1-6-10-18(16)24-19)22-13-11-21(12-14-22)17-8-4-2-5-9-17/h2,4-5,8-9,15H,1,3,6-7,10-14H2. The molecule has 0 bridgehead atoms. The maximum Gasteiger partial charge on any atom is 0.264 e. The summed E-state index contributed by atoms with van der Waals surface area (Å²) >= 11 is 1.74. The Morgan fingerprint density at radius 2 is 1.67 bits per heavy atom. The van der Waals surface area contributed by atoms with Crippen LogP contribution < -0.4 is 4.90 Å². The second-order valence-corrected chi connectivity index (χ2v) is 7.87. The van der Waals surface area contributed by atoms with E-state index >= 15 is 0 Å². The van der Waals surface area contributed by atoms with Gasteiger partial charge >= 0.3 is 0 Å². The number of aryl methyl sites for hydroxylation is 2. The molecule has 2 aliphatic rings. The van der Waals surface area contributed by atoms with E-state index in [1.54, 1.807) is 11.3 Å². The third kappa shape index (κ3) is 3.20. The number of hydrogen-bond acceptors (Lipinski definition) is 3. The lowest BCUT2D eigenvalue weighted by Gasteiger charge is -2.36. The van der Waals surface area contributed by atoms with Crippen molar-refractivity contribution in [3.05, 3.63) is 51.7 Å². The van der Waals surface area contributed by atoms with Gasteiger partial charge in [-0.2, -0.15) is 0 Å². The van der Waals surface area contributed by atoms with Crippen molar-refractivity contribution in [3.8, 4) is 0 Å². The van der Waals surface area contributed by atoms with Gasteiger partial charge in [0.2, 0.25) is 0 Å². The van der Waals surface area contributed by atoms with E-state index in [1.165, 1.54) is 35.4 Å². The average molecular weight is 340 g/mol. The molecule has 4 rings (SSSR count). The number of carbonyl (C=O) groups is 1. The Kier molecular flexibility index (Phi) is 4.56. The second-order valence-electron chi connectivity index (χ2n) is 6.73. The van der Waals surface area contributed by atoms with Crippen molar-refractivity contribution in [2.45, 2.75) is 32.1 Å². The molecule has 1 aliphatic heterocycles. The van der Waals surface area contributed by atoms with Crippen molar-refractivity contribution in [2.75, 3.05) is 31.1 Å². The van der Waals surface area contributed by atoms with E-state index in [2.05, 4.69) is 35.2 Å². The molecule has 0 radical (unpaired) electrons. The molecular formula is C20H24N2OS. The van der Waals surface area contributed by atoms with E-state index in [4.69, 9.17) is 0 Å². The van der Waals surface area contributed by atoms with Gasteiger partial charge in [0.1, 0.15) is 0 Å². The molecule has 1 aliphatic carbocycles. The fourth-order valence-electron chi connectivity index (χ4n) is 3.74. The number of amides is 1. The number of nitrogens with zero attached hydrogens (tertiary/aromatic N) is 2. The predicted octanol–water partition coefficient (Wildman–Crippen LogP) is 3.98. The summed E-state index contributed by atoms with van der Waals surface area (Å²) in [5, 5.41) is 0. The number of benzene rings is 1. The summed E-state index contributed by atoms with van der Waals surface area (Å²) in [7, 11) is 0. The first-order valence-electron chi connectivity index (χ1n) is 9.02. The van der Waals surface area contributed by atoms with Gasteiger partial charge < -0.3 is 9.80 Å². The minimum Gasteiger partial charge on any atom is -0.368 e. The highest BCUT2D eigenvalue weighted by Crippen LogP contribution is 2.30. The van der Waals surface area contributed by atoms with Gasteiger partial charge in [-0.3, -0.25) is 4.79 Å². The van der Waals surface area contributed by atoms with E-state index in [9.17, 15) is 4.79 Å². The zero-order valence-corrected chi connectivity index (χ0v) is 14.9. The molecule has 1 aromatic carbocycles. The number of para-hydroxylation sites is 1. The van der Waals surface area contributed by atoms with Gasteiger partial charge in [-0.15, -0.1) is 11.3 Å². The fourth-order valence-corrected chi connectivity index (χ4v) is 4.96. The van der Waals surface area contributed by atoms with E-state index in [1.807, 2.05) is 11.0 Å². The van der Waals surface area contributed by atoms with Gasteiger partial charge in [-0.25, -0.2) is 0 Å². The summed E-state index contributed by atoms with van der Waals surface area (Å²) in [5.74, 6) is 0.237.